The molecule has 1 atom stereocenters. The van der Waals surface area contributed by atoms with E-state index in [0.717, 1.165) is 0 Å². The number of aliphatic hydroxyl groups excluding tert-OH is 1. The van der Waals surface area contributed by atoms with E-state index in [1.807, 2.05) is 0 Å². The summed E-state index contributed by atoms with van der Waals surface area (Å²) >= 11 is 0. The Morgan fingerprint density at radius 3 is 2.62 bits per heavy atom. The number of carbonyl (C=O) groups excluding carboxylic acids is 1. The van der Waals surface area contributed by atoms with Crippen molar-refractivity contribution in [3.63, 3.8) is 0 Å². The number of rotatable bonds is 4. The number of hydrogen-bond acceptors (Lipinski definition) is 5. The molecule has 0 aromatic heterocycles. The number of ether oxygens (including phenoxy) is 1. The zero-order chi connectivity index (χ0) is 15.5. The molecule has 21 heavy (non-hydrogen) atoms. The Labute approximate surface area is 124 Å². The molecule has 7 heteroatoms. The van der Waals surface area contributed by atoms with E-state index in [0.29, 0.717) is 30.5 Å². The van der Waals surface area contributed by atoms with Crippen molar-refractivity contribution in [2.24, 2.45) is 0 Å². The maximum atomic E-state index is 12.3. The highest BCUT2D eigenvalue weighted by atomic mass is 32.2. The van der Waals surface area contributed by atoms with Crippen LogP contribution in [0.5, 0.6) is 0 Å². The summed E-state index contributed by atoms with van der Waals surface area (Å²) in [4.78, 5) is 11.3. The molecule has 0 bridgehead atoms. The van der Waals surface area contributed by atoms with E-state index in [1.54, 1.807) is 24.3 Å². The Kier molecular flexibility index (Phi) is 4.97. The van der Waals surface area contributed by atoms with Crippen LogP contribution in [-0.2, 0) is 20.5 Å². The van der Waals surface area contributed by atoms with E-state index in [4.69, 9.17) is 0 Å². The number of carbonyl (C=O) groups is 1. The molecule has 1 aliphatic rings. The second-order valence-corrected chi connectivity index (χ2v) is 7.07. The molecule has 0 aliphatic carbocycles. The molecule has 1 aliphatic heterocycles. The smallest absolute Gasteiger partial charge is 0.337 e. The molecule has 1 saturated heterocycles. The van der Waals surface area contributed by atoms with Gasteiger partial charge in [0, 0.05) is 13.1 Å². The van der Waals surface area contributed by atoms with Gasteiger partial charge in [0.25, 0.3) is 0 Å². The van der Waals surface area contributed by atoms with Gasteiger partial charge in [-0.1, -0.05) is 12.1 Å². The maximum Gasteiger partial charge on any atom is 0.337 e. The standard InChI is InChI=1S/C14H19NO5S/c1-20-14(17)12-6-4-11(5-7-12)10-21(18,19)15-8-2-3-13(16)9-15/h4-7,13,16H,2-3,8-10H2,1H3/t13-/m0/s1. The van der Waals surface area contributed by atoms with Crippen molar-refractivity contribution in [3.8, 4) is 0 Å². The molecule has 1 N–H and O–H groups in total. The molecule has 1 aromatic rings. The molecule has 1 heterocycles. The number of hydrogen-bond donors (Lipinski definition) is 1. The van der Waals surface area contributed by atoms with Crippen LogP contribution in [0.15, 0.2) is 24.3 Å². The van der Waals surface area contributed by atoms with E-state index in [-0.39, 0.29) is 12.3 Å². The number of piperidine rings is 1. The summed E-state index contributed by atoms with van der Waals surface area (Å²) in [5, 5.41) is 9.58. The summed E-state index contributed by atoms with van der Waals surface area (Å²) in [6.45, 7) is 0.599. The van der Waals surface area contributed by atoms with Gasteiger partial charge in [-0.25, -0.2) is 13.2 Å². The minimum absolute atomic E-state index is 0.138. The molecular formula is C14H19NO5S. The summed E-state index contributed by atoms with van der Waals surface area (Å²) in [6.07, 6.45) is 0.719. The molecule has 1 fully saturated rings. The van der Waals surface area contributed by atoms with Gasteiger partial charge < -0.3 is 9.84 Å². The van der Waals surface area contributed by atoms with Crippen molar-refractivity contribution in [2.45, 2.75) is 24.7 Å². The second-order valence-electron chi connectivity index (χ2n) is 5.10. The van der Waals surface area contributed by atoms with E-state index in [9.17, 15) is 18.3 Å². The number of aliphatic hydroxyl groups is 1. The average molecular weight is 313 g/mol. The lowest BCUT2D eigenvalue weighted by Crippen LogP contribution is -2.42. The summed E-state index contributed by atoms with van der Waals surface area (Å²) in [5.74, 6) is -0.593. The SMILES string of the molecule is COC(=O)c1ccc(CS(=O)(=O)N2CCC[C@H](O)C2)cc1. The quantitative estimate of drug-likeness (QED) is 0.830. The van der Waals surface area contributed by atoms with E-state index in [2.05, 4.69) is 4.74 Å². The van der Waals surface area contributed by atoms with Gasteiger partial charge >= 0.3 is 5.97 Å². The zero-order valence-corrected chi connectivity index (χ0v) is 12.7. The van der Waals surface area contributed by atoms with E-state index < -0.39 is 22.1 Å². The van der Waals surface area contributed by atoms with Crippen molar-refractivity contribution in [1.29, 1.82) is 0 Å². The predicted octanol–water partition coefficient (Wildman–Crippen LogP) is 0.760. The number of sulfonamides is 1. The van der Waals surface area contributed by atoms with Crippen LogP contribution in [0.4, 0.5) is 0 Å². The molecule has 2 rings (SSSR count). The first-order valence-electron chi connectivity index (χ1n) is 6.75. The molecule has 1 aromatic carbocycles. The van der Waals surface area contributed by atoms with Gasteiger partial charge in [0.2, 0.25) is 10.0 Å². The Hall–Kier alpha value is -1.44. The first-order valence-corrected chi connectivity index (χ1v) is 8.36. The van der Waals surface area contributed by atoms with Gasteiger partial charge in [-0.15, -0.1) is 0 Å². The van der Waals surface area contributed by atoms with Crippen LogP contribution in [0.3, 0.4) is 0 Å². The third kappa shape index (κ3) is 4.03. The number of β-amino-alcohol motifs (C(OH)–C–C–N with tert-alkyl or cyclic N) is 1. The second kappa shape index (κ2) is 6.55. The van der Waals surface area contributed by atoms with Gasteiger partial charge in [-0.05, 0) is 30.5 Å². The molecule has 0 radical (unpaired) electrons. The topological polar surface area (TPSA) is 83.9 Å². The lowest BCUT2D eigenvalue weighted by Gasteiger charge is -2.29. The van der Waals surface area contributed by atoms with Crippen LogP contribution in [0, 0.1) is 0 Å². The third-order valence-electron chi connectivity index (χ3n) is 3.48. The van der Waals surface area contributed by atoms with Crippen molar-refractivity contribution in [3.05, 3.63) is 35.4 Å². The van der Waals surface area contributed by atoms with Gasteiger partial charge in [0.1, 0.15) is 0 Å². The third-order valence-corrected chi connectivity index (χ3v) is 5.29. The maximum absolute atomic E-state index is 12.3. The molecule has 0 saturated carbocycles. The Morgan fingerprint density at radius 1 is 1.38 bits per heavy atom. The fraction of sp³-hybridized carbons (Fsp3) is 0.500. The Bertz CT molecular complexity index is 596. The molecule has 0 amide bonds. The zero-order valence-electron chi connectivity index (χ0n) is 11.9. The minimum Gasteiger partial charge on any atom is -0.465 e. The van der Waals surface area contributed by atoms with Crippen molar-refractivity contribution >= 4 is 16.0 Å². The van der Waals surface area contributed by atoms with Crippen molar-refractivity contribution in [1.82, 2.24) is 4.31 Å². The highest BCUT2D eigenvalue weighted by Gasteiger charge is 2.28. The van der Waals surface area contributed by atoms with Gasteiger partial charge in [0.15, 0.2) is 0 Å². The predicted molar refractivity (Wildman–Crippen MR) is 77.2 cm³/mol. The highest BCUT2D eigenvalue weighted by Crippen LogP contribution is 2.18. The fourth-order valence-electron chi connectivity index (χ4n) is 2.33. The largest absolute Gasteiger partial charge is 0.465 e. The molecule has 116 valence electrons. The molecular weight excluding hydrogens is 294 g/mol. The minimum atomic E-state index is -3.45. The Morgan fingerprint density at radius 2 is 2.05 bits per heavy atom. The van der Waals surface area contributed by atoms with Gasteiger partial charge in [0.05, 0.1) is 24.5 Å². The molecule has 6 nitrogen and oxygen atoms in total. The summed E-state index contributed by atoms with van der Waals surface area (Å²) in [5.41, 5.74) is 0.981. The van der Waals surface area contributed by atoms with Crippen LogP contribution in [-0.4, -0.2) is 50.1 Å². The fourth-order valence-corrected chi connectivity index (χ4v) is 3.93. The van der Waals surface area contributed by atoms with Crippen LogP contribution in [0.2, 0.25) is 0 Å². The number of nitrogens with zero attached hydrogens (tertiary/aromatic N) is 1. The molecule has 0 spiro atoms. The van der Waals surface area contributed by atoms with Crippen LogP contribution >= 0.6 is 0 Å². The first kappa shape index (κ1) is 15.9. The van der Waals surface area contributed by atoms with Crippen LogP contribution < -0.4 is 0 Å². The van der Waals surface area contributed by atoms with Gasteiger partial charge in [-0.2, -0.15) is 4.31 Å². The average Bonchev–Trinajstić information content (AvgIpc) is 2.47. The normalized spacial score (nSPS) is 20.2. The number of benzene rings is 1. The summed E-state index contributed by atoms with van der Waals surface area (Å²) in [6, 6.07) is 6.29. The first-order chi connectivity index (χ1) is 9.92. The summed E-state index contributed by atoms with van der Waals surface area (Å²) in [7, 11) is -2.16. The van der Waals surface area contributed by atoms with Crippen molar-refractivity contribution < 1.29 is 23.1 Å². The number of esters is 1. The lowest BCUT2D eigenvalue weighted by atomic mass is 10.1. The number of methoxy groups -OCH3 is 1. The van der Waals surface area contributed by atoms with E-state index in [1.165, 1.54) is 11.4 Å². The summed E-state index contributed by atoms with van der Waals surface area (Å²) < 4.78 is 30.5. The van der Waals surface area contributed by atoms with E-state index >= 15 is 0 Å². The van der Waals surface area contributed by atoms with Gasteiger partial charge in [-0.3, -0.25) is 0 Å². The monoisotopic (exact) mass is 313 g/mol. The Balaban J connectivity index is 2.08. The highest BCUT2D eigenvalue weighted by molar-refractivity contribution is 7.88. The van der Waals surface area contributed by atoms with Crippen molar-refractivity contribution in [2.75, 3.05) is 20.2 Å². The molecule has 0 unspecified atom stereocenters. The van der Waals surface area contributed by atoms with Crippen LogP contribution in [0.25, 0.3) is 0 Å². The lowest BCUT2D eigenvalue weighted by molar-refractivity contribution is 0.0600. The van der Waals surface area contributed by atoms with Crippen LogP contribution in [0.1, 0.15) is 28.8 Å².